The topological polar surface area (TPSA) is 82.5 Å². The molecule has 10 heteroatoms. The van der Waals surface area contributed by atoms with Gasteiger partial charge in [-0.15, -0.1) is 21.5 Å². The Morgan fingerprint density at radius 2 is 2.18 bits per heavy atom. The Balaban J connectivity index is 1.44. The highest BCUT2D eigenvalue weighted by atomic mass is 32.2. The quantitative estimate of drug-likeness (QED) is 0.437. The van der Waals surface area contributed by atoms with E-state index in [1.54, 1.807) is 23.5 Å². The van der Waals surface area contributed by atoms with Crippen LogP contribution < -0.4 is 10.3 Å². The van der Waals surface area contributed by atoms with Crippen molar-refractivity contribution in [2.24, 2.45) is 0 Å². The van der Waals surface area contributed by atoms with Crippen LogP contribution >= 0.6 is 23.1 Å². The van der Waals surface area contributed by atoms with E-state index in [1.165, 1.54) is 41.3 Å². The second-order valence-electron chi connectivity index (χ2n) is 5.97. The first-order chi connectivity index (χ1) is 13.5. The fraction of sp³-hybridized carbons (Fsp3) is 0.222. The minimum atomic E-state index is -0.605. The minimum absolute atomic E-state index is 0.113. The SMILES string of the molecule is Cc1csc2nc(CSc3nnc([C@@H](C)Oc4ccccc4F)o3)cc(=O)n12. The van der Waals surface area contributed by atoms with Gasteiger partial charge >= 0.3 is 0 Å². The van der Waals surface area contributed by atoms with Gasteiger partial charge in [0, 0.05) is 22.9 Å². The molecular formula is C18H15FN4O3S2. The molecule has 0 unspecified atom stereocenters. The van der Waals surface area contributed by atoms with Crippen molar-refractivity contribution in [1.82, 2.24) is 19.6 Å². The summed E-state index contributed by atoms with van der Waals surface area (Å²) in [5.74, 6) is 0.308. The van der Waals surface area contributed by atoms with Gasteiger partial charge in [0.25, 0.3) is 16.7 Å². The van der Waals surface area contributed by atoms with Gasteiger partial charge in [-0.05, 0) is 26.0 Å². The molecule has 0 spiro atoms. The molecule has 0 saturated heterocycles. The third-order valence-corrected chi connectivity index (χ3v) is 5.68. The van der Waals surface area contributed by atoms with Gasteiger partial charge in [-0.3, -0.25) is 9.20 Å². The molecule has 0 fully saturated rings. The number of thioether (sulfide) groups is 1. The summed E-state index contributed by atoms with van der Waals surface area (Å²) in [5.41, 5.74) is 1.38. The molecule has 28 heavy (non-hydrogen) atoms. The normalized spacial score (nSPS) is 12.4. The predicted octanol–water partition coefficient (Wildman–Crippen LogP) is 4.02. The largest absolute Gasteiger partial charge is 0.478 e. The van der Waals surface area contributed by atoms with Crippen LogP contribution in [0.1, 0.15) is 30.3 Å². The monoisotopic (exact) mass is 418 g/mol. The lowest BCUT2D eigenvalue weighted by Gasteiger charge is -2.11. The van der Waals surface area contributed by atoms with Crippen LogP contribution in [0.3, 0.4) is 0 Å². The molecule has 3 aromatic heterocycles. The molecule has 0 aliphatic rings. The number of para-hydroxylation sites is 1. The van der Waals surface area contributed by atoms with Gasteiger partial charge in [0.2, 0.25) is 0 Å². The van der Waals surface area contributed by atoms with Gasteiger partial charge in [-0.2, -0.15) is 0 Å². The molecule has 0 N–H and O–H groups in total. The molecule has 0 aliphatic carbocycles. The number of aryl methyl sites for hydroxylation is 1. The van der Waals surface area contributed by atoms with Crippen LogP contribution in [0, 0.1) is 12.7 Å². The zero-order chi connectivity index (χ0) is 19.7. The van der Waals surface area contributed by atoms with Crippen molar-refractivity contribution in [3.8, 4) is 5.75 Å². The Morgan fingerprint density at radius 1 is 1.36 bits per heavy atom. The van der Waals surface area contributed by atoms with Crippen molar-refractivity contribution in [3.05, 3.63) is 69.2 Å². The molecule has 7 nitrogen and oxygen atoms in total. The van der Waals surface area contributed by atoms with Crippen molar-refractivity contribution < 1.29 is 13.5 Å². The number of fused-ring (bicyclic) bond motifs is 1. The molecule has 0 radical (unpaired) electrons. The number of halogens is 1. The lowest BCUT2D eigenvalue weighted by Crippen LogP contribution is -2.14. The summed E-state index contributed by atoms with van der Waals surface area (Å²) in [6, 6.07) is 7.62. The molecule has 3 heterocycles. The zero-order valence-corrected chi connectivity index (χ0v) is 16.6. The van der Waals surface area contributed by atoms with E-state index in [0.717, 1.165) is 5.69 Å². The van der Waals surface area contributed by atoms with Crippen molar-refractivity contribution in [1.29, 1.82) is 0 Å². The van der Waals surface area contributed by atoms with Gasteiger partial charge in [-0.1, -0.05) is 23.9 Å². The highest BCUT2D eigenvalue weighted by Gasteiger charge is 2.18. The third kappa shape index (κ3) is 3.78. The third-order valence-electron chi connectivity index (χ3n) is 3.88. The van der Waals surface area contributed by atoms with Crippen LogP contribution in [-0.2, 0) is 5.75 Å². The first-order valence-corrected chi connectivity index (χ1v) is 10.2. The maximum Gasteiger partial charge on any atom is 0.277 e. The summed E-state index contributed by atoms with van der Waals surface area (Å²) < 4.78 is 26.4. The molecule has 4 aromatic rings. The van der Waals surface area contributed by atoms with Crippen molar-refractivity contribution in [2.45, 2.75) is 30.9 Å². The summed E-state index contributed by atoms with van der Waals surface area (Å²) in [7, 11) is 0. The number of benzene rings is 1. The van der Waals surface area contributed by atoms with Gasteiger partial charge in [0.15, 0.2) is 22.6 Å². The number of rotatable bonds is 6. The number of ether oxygens (including phenoxy) is 1. The smallest absolute Gasteiger partial charge is 0.277 e. The van der Waals surface area contributed by atoms with Crippen LogP contribution in [0.5, 0.6) is 5.75 Å². The van der Waals surface area contributed by atoms with E-state index >= 15 is 0 Å². The molecule has 1 aromatic carbocycles. The molecule has 0 saturated carbocycles. The first-order valence-electron chi connectivity index (χ1n) is 8.35. The highest BCUT2D eigenvalue weighted by molar-refractivity contribution is 7.98. The number of thiazole rings is 1. The van der Waals surface area contributed by atoms with Gasteiger partial charge in [-0.25, -0.2) is 9.37 Å². The van der Waals surface area contributed by atoms with Gasteiger partial charge in [0.1, 0.15) is 0 Å². The molecule has 0 aliphatic heterocycles. The molecule has 0 amide bonds. The van der Waals surface area contributed by atoms with Crippen LogP contribution in [0.4, 0.5) is 4.39 Å². The predicted molar refractivity (Wildman–Crippen MR) is 103 cm³/mol. The average Bonchev–Trinajstić information content (AvgIpc) is 3.29. The number of hydrogen-bond acceptors (Lipinski definition) is 8. The first kappa shape index (κ1) is 18.6. The summed E-state index contributed by atoms with van der Waals surface area (Å²) in [6.07, 6.45) is -0.605. The average molecular weight is 418 g/mol. The molecule has 0 bridgehead atoms. The van der Waals surface area contributed by atoms with E-state index in [-0.39, 0.29) is 17.2 Å². The second-order valence-corrected chi connectivity index (χ2v) is 7.73. The van der Waals surface area contributed by atoms with E-state index in [0.29, 0.717) is 21.6 Å². The second kappa shape index (κ2) is 7.72. The van der Waals surface area contributed by atoms with Crippen molar-refractivity contribution in [2.75, 3.05) is 0 Å². The van der Waals surface area contributed by atoms with E-state index in [2.05, 4.69) is 15.2 Å². The lowest BCUT2D eigenvalue weighted by molar-refractivity contribution is 0.174. The number of aromatic nitrogens is 4. The van der Waals surface area contributed by atoms with E-state index in [9.17, 15) is 9.18 Å². The van der Waals surface area contributed by atoms with Gasteiger partial charge in [0.05, 0.1) is 5.69 Å². The lowest BCUT2D eigenvalue weighted by atomic mass is 10.3. The number of hydrogen-bond donors (Lipinski definition) is 0. The summed E-state index contributed by atoms with van der Waals surface area (Å²) >= 11 is 2.69. The summed E-state index contributed by atoms with van der Waals surface area (Å²) in [5, 5.41) is 10.1. The van der Waals surface area contributed by atoms with Crippen molar-refractivity contribution >= 4 is 28.1 Å². The Kier molecular flexibility index (Phi) is 5.14. The summed E-state index contributed by atoms with van der Waals surface area (Å²) in [4.78, 5) is 17.3. The molecule has 1 atom stereocenters. The molecular weight excluding hydrogens is 403 g/mol. The zero-order valence-electron chi connectivity index (χ0n) is 15.0. The van der Waals surface area contributed by atoms with E-state index in [4.69, 9.17) is 9.15 Å². The maximum atomic E-state index is 13.7. The fourth-order valence-corrected chi connectivity index (χ4v) is 4.09. The molecule has 4 rings (SSSR count). The van der Waals surface area contributed by atoms with Crippen LogP contribution in [0.2, 0.25) is 0 Å². The standard InChI is InChI=1S/C18H15FN4O3S2/c1-10-8-27-17-20-12(7-15(24)23(10)17)9-28-18-22-21-16(26-18)11(2)25-14-6-4-3-5-13(14)19/h3-8,11H,9H2,1-2H3/t11-/m1/s1. The highest BCUT2D eigenvalue weighted by Crippen LogP contribution is 2.27. The summed E-state index contributed by atoms with van der Waals surface area (Å²) in [6.45, 7) is 3.56. The number of nitrogens with zero attached hydrogens (tertiary/aromatic N) is 4. The van der Waals surface area contributed by atoms with Gasteiger partial charge < -0.3 is 9.15 Å². The molecule has 144 valence electrons. The van der Waals surface area contributed by atoms with E-state index in [1.807, 2.05) is 12.3 Å². The van der Waals surface area contributed by atoms with Crippen molar-refractivity contribution in [3.63, 3.8) is 0 Å². The van der Waals surface area contributed by atoms with E-state index < -0.39 is 11.9 Å². The Hall–Kier alpha value is -2.72. The minimum Gasteiger partial charge on any atom is -0.478 e. The Bertz CT molecular complexity index is 1190. The fourth-order valence-electron chi connectivity index (χ4n) is 2.53. The van der Waals surface area contributed by atoms with Crippen LogP contribution in [0.25, 0.3) is 4.96 Å². The van der Waals surface area contributed by atoms with Crippen LogP contribution in [-0.4, -0.2) is 19.6 Å². The Morgan fingerprint density at radius 3 is 3.00 bits per heavy atom. The van der Waals surface area contributed by atoms with Crippen LogP contribution in [0.15, 0.2) is 50.1 Å². The Labute approximate surface area is 167 Å². The maximum absolute atomic E-state index is 13.7.